The fourth-order valence-corrected chi connectivity index (χ4v) is 4.07. The largest absolute Gasteiger partial charge is 0.480 e. The number of hydrogen-bond donors (Lipinski definition) is 1. The van der Waals surface area contributed by atoms with E-state index in [9.17, 15) is 9.90 Å². The topological polar surface area (TPSA) is 40.5 Å². The van der Waals surface area contributed by atoms with Crippen LogP contribution in [0.25, 0.3) is 0 Å². The summed E-state index contributed by atoms with van der Waals surface area (Å²) < 4.78 is 0. The van der Waals surface area contributed by atoms with Crippen molar-refractivity contribution in [3.05, 3.63) is 21.9 Å². The standard InChI is InChI=1S/C17H27NO2S/c1-2-3-4-5-6-7-8-11-18-12-9-15-14(10-13-21-15)16(18)17(19)20/h10,13,16H,2-9,11-12H2,1H3,(H,19,20). The monoisotopic (exact) mass is 309 g/mol. The van der Waals surface area contributed by atoms with E-state index in [4.69, 9.17) is 0 Å². The first-order valence-corrected chi connectivity index (χ1v) is 9.15. The highest BCUT2D eigenvalue weighted by Gasteiger charge is 2.33. The van der Waals surface area contributed by atoms with Gasteiger partial charge < -0.3 is 5.11 Å². The minimum absolute atomic E-state index is 0.417. The molecule has 1 unspecified atom stereocenters. The number of thiophene rings is 1. The Bertz CT molecular complexity index is 444. The molecular formula is C17H27NO2S. The number of unbranched alkanes of at least 4 members (excludes halogenated alkanes) is 6. The molecular weight excluding hydrogens is 282 g/mol. The van der Waals surface area contributed by atoms with E-state index in [1.807, 2.05) is 11.4 Å². The normalized spacial score (nSPS) is 18.6. The zero-order valence-corrected chi connectivity index (χ0v) is 13.8. The zero-order chi connectivity index (χ0) is 15.1. The Kier molecular flexibility index (Phi) is 6.71. The SMILES string of the molecule is CCCCCCCCCN1CCc2sccc2C1C(=O)O. The smallest absolute Gasteiger partial charge is 0.325 e. The van der Waals surface area contributed by atoms with Crippen molar-refractivity contribution < 1.29 is 9.90 Å². The van der Waals surface area contributed by atoms with Crippen molar-refractivity contribution in [2.45, 2.75) is 64.3 Å². The van der Waals surface area contributed by atoms with Crippen molar-refractivity contribution >= 4 is 17.3 Å². The molecule has 2 heterocycles. The fourth-order valence-electron chi connectivity index (χ4n) is 3.17. The van der Waals surface area contributed by atoms with E-state index >= 15 is 0 Å². The van der Waals surface area contributed by atoms with Gasteiger partial charge in [-0.05, 0) is 36.4 Å². The molecule has 2 rings (SSSR count). The number of carboxylic acid groups (broad SMARTS) is 1. The van der Waals surface area contributed by atoms with E-state index in [1.54, 1.807) is 11.3 Å². The van der Waals surface area contributed by atoms with E-state index in [2.05, 4.69) is 11.8 Å². The molecule has 0 aromatic carbocycles. The lowest BCUT2D eigenvalue weighted by Crippen LogP contribution is -2.39. The van der Waals surface area contributed by atoms with Crippen molar-refractivity contribution in [3.63, 3.8) is 0 Å². The molecule has 1 aromatic rings. The minimum Gasteiger partial charge on any atom is -0.480 e. The Hall–Kier alpha value is -0.870. The van der Waals surface area contributed by atoms with Crippen LogP contribution < -0.4 is 0 Å². The van der Waals surface area contributed by atoms with E-state index in [0.29, 0.717) is 0 Å². The number of rotatable bonds is 9. The van der Waals surface area contributed by atoms with Gasteiger partial charge in [-0.25, -0.2) is 0 Å². The third-order valence-electron chi connectivity index (χ3n) is 4.35. The summed E-state index contributed by atoms with van der Waals surface area (Å²) in [4.78, 5) is 15.0. The van der Waals surface area contributed by atoms with Gasteiger partial charge in [-0.1, -0.05) is 45.4 Å². The van der Waals surface area contributed by atoms with Gasteiger partial charge in [-0.3, -0.25) is 9.69 Å². The summed E-state index contributed by atoms with van der Waals surface area (Å²) in [5.74, 6) is -0.697. The number of carboxylic acids is 1. The number of nitrogens with zero attached hydrogens (tertiary/aromatic N) is 1. The van der Waals surface area contributed by atoms with Crippen molar-refractivity contribution in [2.75, 3.05) is 13.1 Å². The Balaban J connectivity index is 1.76. The van der Waals surface area contributed by atoms with E-state index in [0.717, 1.165) is 31.5 Å². The van der Waals surface area contributed by atoms with Crippen LogP contribution in [0.2, 0.25) is 0 Å². The van der Waals surface area contributed by atoms with Gasteiger partial charge in [0.2, 0.25) is 0 Å². The molecule has 0 aliphatic carbocycles. The third-order valence-corrected chi connectivity index (χ3v) is 5.34. The predicted octanol–water partition coefficient (Wildman–Crippen LogP) is 4.48. The summed E-state index contributed by atoms with van der Waals surface area (Å²) in [6, 6.07) is 1.58. The highest BCUT2D eigenvalue weighted by Crippen LogP contribution is 2.33. The molecule has 1 aromatic heterocycles. The van der Waals surface area contributed by atoms with Crippen molar-refractivity contribution in [1.82, 2.24) is 4.90 Å². The molecule has 1 N–H and O–H groups in total. The number of aliphatic carboxylic acids is 1. The average molecular weight is 309 g/mol. The molecule has 0 radical (unpaired) electrons. The predicted molar refractivity (Wildman–Crippen MR) is 88.0 cm³/mol. The maximum atomic E-state index is 11.6. The summed E-state index contributed by atoms with van der Waals surface area (Å²) in [6.45, 7) is 4.04. The summed E-state index contributed by atoms with van der Waals surface area (Å²) in [6.07, 6.45) is 9.94. The molecule has 0 spiro atoms. The number of carbonyl (C=O) groups is 1. The first-order chi connectivity index (χ1) is 10.2. The van der Waals surface area contributed by atoms with Gasteiger partial charge in [0.15, 0.2) is 0 Å². The van der Waals surface area contributed by atoms with Gasteiger partial charge in [0.25, 0.3) is 0 Å². The van der Waals surface area contributed by atoms with Crippen LogP contribution in [0.3, 0.4) is 0 Å². The lowest BCUT2D eigenvalue weighted by atomic mass is 9.99. The van der Waals surface area contributed by atoms with Crippen LogP contribution >= 0.6 is 11.3 Å². The lowest BCUT2D eigenvalue weighted by Gasteiger charge is -2.33. The van der Waals surface area contributed by atoms with Gasteiger partial charge in [0, 0.05) is 11.4 Å². The second-order valence-corrected chi connectivity index (χ2v) is 6.95. The van der Waals surface area contributed by atoms with Crippen LogP contribution in [0.4, 0.5) is 0 Å². The van der Waals surface area contributed by atoms with Crippen LogP contribution in [-0.2, 0) is 11.2 Å². The zero-order valence-electron chi connectivity index (χ0n) is 13.0. The van der Waals surface area contributed by atoms with Crippen LogP contribution in [-0.4, -0.2) is 29.1 Å². The van der Waals surface area contributed by atoms with Gasteiger partial charge in [0.1, 0.15) is 6.04 Å². The van der Waals surface area contributed by atoms with Crippen molar-refractivity contribution in [3.8, 4) is 0 Å². The molecule has 0 saturated heterocycles. The highest BCUT2D eigenvalue weighted by atomic mass is 32.1. The Labute approximate surface area is 132 Å². The molecule has 21 heavy (non-hydrogen) atoms. The minimum atomic E-state index is -0.697. The van der Waals surface area contributed by atoms with Gasteiger partial charge in [-0.2, -0.15) is 0 Å². The molecule has 118 valence electrons. The van der Waals surface area contributed by atoms with Crippen LogP contribution in [0.5, 0.6) is 0 Å². The molecule has 1 aliphatic heterocycles. The highest BCUT2D eigenvalue weighted by molar-refractivity contribution is 7.10. The van der Waals surface area contributed by atoms with Crippen molar-refractivity contribution in [1.29, 1.82) is 0 Å². The average Bonchev–Trinajstić information content (AvgIpc) is 2.93. The third kappa shape index (κ3) is 4.55. The van der Waals surface area contributed by atoms with E-state index in [-0.39, 0.29) is 0 Å². The second-order valence-electron chi connectivity index (χ2n) is 5.95. The van der Waals surface area contributed by atoms with Crippen LogP contribution in [0, 0.1) is 0 Å². The number of fused-ring (bicyclic) bond motifs is 1. The Morgan fingerprint density at radius 1 is 1.29 bits per heavy atom. The van der Waals surface area contributed by atoms with Crippen LogP contribution in [0.15, 0.2) is 11.4 Å². The first-order valence-electron chi connectivity index (χ1n) is 8.27. The Morgan fingerprint density at radius 2 is 2.00 bits per heavy atom. The quantitative estimate of drug-likeness (QED) is 0.684. The summed E-state index contributed by atoms with van der Waals surface area (Å²) in [5.41, 5.74) is 1.03. The molecule has 3 nitrogen and oxygen atoms in total. The molecule has 0 amide bonds. The lowest BCUT2D eigenvalue weighted by molar-refractivity contribution is -0.144. The fraction of sp³-hybridized carbons (Fsp3) is 0.706. The van der Waals surface area contributed by atoms with Gasteiger partial charge >= 0.3 is 5.97 Å². The maximum Gasteiger partial charge on any atom is 0.325 e. The van der Waals surface area contributed by atoms with E-state index in [1.165, 1.54) is 43.4 Å². The molecule has 0 bridgehead atoms. The second kappa shape index (κ2) is 8.54. The van der Waals surface area contributed by atoms with Crippen molar-refractivity contribution in [2.24, 2.45) is 0 Å². The number of hydrogen-bond acceptors (Lipinski definition) is 3. The summed E-state index contributed by atoms with van der Waals surface area (Å²) in [7, 11) is 0. The molecule has 1 atom stereocenters. The molecule has 0 fully saturated rings. The summed E-state index contributed by atoms with van der Waals surface area (Å²) in [5, 5.41) is 11.6. The van der Waals surface area contributed by atoms with Gasteiger partial charge in [-0.15, -0.1) is 11.3 Å². The molecule has 4 heteroatoms. The summed E-state index contributed by atoms with van der Waals surface area (Å²) >= 11 is 1.70. The maximum absolute atomic E-state index is 11.6. The molecule has 1 aliphatic rings. The first kappa shape index (κ1) is 16.5. The van der Waals surface area contributed by atoms with Crippen LogP contribution in [0.1, 0.15) is 68.4 Å². The molecule has 0 saturated carbocycles. The van der Waals surface area contributed by atoms with E-state index < -0.39 is 12.0 Å². The van der Waals surface area contributed by atoms with Gasteiger partial charge in [0.05, 0.1) is 0 Å². The Morgan fingerprint density at radius 3 is 2.71 bits per heavy atom.